The number of carbonyl (C=O) groups is 1. The van der Waals surface area contributed by atoms with E-state index in [1.807, 2.05) is 11.0 Å². The topological polar surface area (TPSA) is 116 Å². The fourth-order valence-corrected chi connectivity index (χ4v) is 6.81. The molecule has 1 aromatic heterocycles. The number of nitrogens with zero attached hydrogens (tertiary/aromatic N) is 6. The fourth-order valence-electron chi connectivity index (χ4n) is 5.68. The molecular weight excluding hydrogens is 502 g/mol. The third-order valence-electron chi connectivity index (χ3n) is 8.22. The zero-order valence-corrected chi connectivity index (χ0v) is 23.3. The summed E-state index contributed by atoms with van der Waals surface area (Å²) in [7, 11) is -1.03. The molecule has 10 nitrogen and oxygen atoms in total. The fraction of sp³-hybridized carbons (Fsp3) is 0.593. The minimum atomic E-state index is -3.15. The lowest BCUT2D eigenvalue weighted by Crippen LogP contribution is -2.44. The first-order valence-corrected chi connectivity index (χ1v) is 15.3. The average molecular weight is 542 g/mol. The van der Waals surface area contributed by atoms with E-state index in [2.05, 4.69) is 45.0 Å². The smallest absolute Gasteiger partial charge is 0.223 e. The number of fused-ring (bicyclic) bond motifs is 1. The predicted molar refractivity (Wildman–Crippen MR) is 149 cm³/mol. The van der Waals surface area contributed by atoms with Crippen molar-refractivity contribution in [3.63, 3.8) is 0 Å². The number of nitrogen functional groups attached to an aromatic ring is 1. The van der Waals surface area contributed by atoms with Crippen LogP contribution in [-0.4, -0.2) is 97.0 Å². The van der Waals surface area contributed by atoms with E-state index in [9.17, 15) is 13.2 Å². The molecule has 2 N–H and O–H groups in total. The highest BCUT2D eigenvalue weighted by atomic mass is 32.2. The normalized spacial score (nSPS) is 19.9. The van der Waals surface area contributed by atoms with Crippen LogP contribution in [0.15, 0.2) is 24.3 Å². The number of hydrogen-bond acceptors (Lipinski definition) is 8. The number of benzene rings is 1. The molecule has 0 unspecified atom stereocenters. The first kappa shape index (κ1) is 26.8. The van der Waals surface area contributed by atoms with E-state index in [4.69, 9.17) is 5.73 Å². The third kappa shape index (κ3) is 5.94. The van der Waals surface area contributed by atoms with Gasteiger partial charge in [-0.1, -0.05) is 12.1 Å². The van der Waals surface area contributed by atoms with Gasteiger partial charge in [0.05, 0.1) is 11.4 Å². The van der Waals surface area contributed by atoms with Crippen molar-refractivity contribution in [2.45, 2.75) is 39.2 Å². The van der Waals surface area contributed by atoms with Crippen LogP contribution in [0.5, 0.6) is 0 Å². The molecule has 3 aliphatic rings. The predicted octanol–water partition coefficient (Wildman–Crippen LogP) is 1.81. The molecule has 11 heteroatoms. The molecule has 38 heavy (non-hydrogen) atoms. The Balaban J connectivity index is 1.25. The Morgan fingerprint density at radius 1 is 1.00 bits per heavy atom. The van der Waals surface area contributed by atoms with Crippen molar-refractivity contribution < 1.29 is 13.2 Å². The van der Waals surface area contributed by atoms with Gasteiger partial charge >= 0.3 is 0 Å². The maximum absolute atomic E-state index is 13.2. The first-order chi connectivity index (χ1) is 18.2. The molecule has 2 fully saturated rings. The van der Waals surface area contributed by atoms with Crippen LogP contribution in [0.4, 0.5) is 11.8 Å². The van der Waals surface area contributed by atoms with Crippen LogP contribution in [0.1, 0.15) is 37.3 Å². The van der Waals surface area contributed by atoms with Gasteiger partial charge in [0.1, 0.15) is 5.82 Å². The van der Waals surface area contributed by atoms with E-state index < -0.39 is 10.0 Å². The van der Waals surface area contributed by atoms with Crippen molar-refractivity contribution >= 4 is 27.7 Å². The lowest BCUT2D eigenvalue weighted by Gasteiger charge is -2.34. The summed E-state index contributed by atoms with van der Waals surface area (Å²) < 4.78 is 25.8. The number of carbonyl (C=O) groups excluding carboxylic acids is 1. The second-order valence-electron chi connectivity index (χ2n) is 10.8. The summed E-state index contributed by atoms with van der Waals surface area (Å²) in [5.41, 5.74) is 10.3. The SMILES string of the molecule is CCS(=O)(=O)N1CCC(CC(=O)N2CCc3ccc(-c4cc(N5CCN(C)CC5)nc(N)n4)cc3C2)CC1. The van der Waals surface area contributed by atoms with Crippen molar-refractivity contribution in [2.75, 3.05) is 69.2 Å². The van der Waals surface area contributed by atoms with Gasteiger partial charge in [-0.25, -0.2) is 17.7 Å². The average Bonchev–Trinajstić information content (AvgIpc) is 2.92. The molecule has 5 rings (SSSR count). The lowest BCUT2D eigenvalue weighted by molar-refractivity contribution is -0.133. The molecule has 0 saturated carbocycles. The van der Waals surface area contributed by atoms with Crippen LogP contribution < -0.4 is 10.6 Å². The number of piperazine rings is 1. The number of aromatic nitrogens is 2. The Labute approximate surface area is 225 Å². The van der Waals surface area contributed by atoms with Crippen LogP contribution in [0.2, 0.25) is 0 Å². The van der Waals surface area contributed by atoms with Gasteiger partial charge in [0.15, 0.2) is 0 Å². The molecule has 0 bridgehead atoms. The van der Waals surface area contributed by atoms with Gasteiger partial charge in [-0.3, -0.25) is 4.79 Å². The molecule has 206 valence electrons. The van der Waals surface area contributed by atoms with Gasteiger partial charge in [0, 0.05) is 70.4 Å². The van der Waals surface area contributed by atoms with Crippen molar-refractivity contribution in [1.82, 2.24) is 24.1 Å². The molecule has 0 radical (unpaired) electrons. The Morgan fingerprint density at radius 3 is 2.45 bits per heavy atom. The standard InChI is InChI=1S/C27H39N7O3S/c1-3-38(36,37)34-10-6-20(7-11-34)16-26(35)33-9-8-21-4-5-22(17-23(21)19-33)24-18-25(30-27(28)29-24)32-14-12-31(2)13-15-32/h4-5,17-18,20H,3,6-16,19H2,1-2H3,(H2,28,29,30). The van der Waals surface area contributed by atoms with E-state index >= 15 is 0 Å². The van der Waals surface area contributed by atoms with Crippen molar-refractivity contribution in [3.8, 4) is 11.3 Å². The molecule has 1 aromatic carbocycles. The number of nitrogens with two attached hydrogens (primary N) is 1. The van der Waals surface area contributed by atoms with Crippen LogP contribution in [-0.2, 0) is 27.8 Å². The quantitative estimate of drug-likeness (QED) is 0.589. The molecule has 0 aliphatic carbocycles. The molecular formula is C27H39N7O3S. The zero-order chi connectivity index (χ0) is 26.9. The molecule has 2 saturated heterocycles. The Kier molecular flexibility index (Phi) is 7.88. The summed E-state index contributed by atoms with van der Waals surface area (Å²) in [5.74, 6) is 1.64. The summed E-state index contributed by atoms with van der Waals surface area (Å²) in [5, 5.41) is 0. The van der Waals surface area contributed by atoms with Gasteiger partial charge in [-0.15, -0.1) is 0 Å². The van der Waals surface area contributed by atoms with Gasteiger partial charge < -0.3 is 20.4 Å². The minimum Gasteiger partial charge on any atom is -0.368 e. The van der Waals surface area contributed by atoms with Gasteiger partial charge in [-0.2, -0.15) is 4.98 Å². The van der Waals surface area contributed by atoms with E-state index in [0.29, 0.717) is 32.6 Å². The highest BCUT2D eigenvalue weighted by Gasteiger charge is 2.30. The second kappa shape index (κ2) is 11.2. The van der Waals surface area contributed by atoms with Gasteiger partial charge in [0.2, 0.25) is 21.9 Å². The van der Waals surface area contributed by atoms with Gasteiger partial charge in [-0.05, 0) is 56.3 Å². The molecule has 0 spiro atoms. The summed E-state index contributed by atoms with van der Waals surface area (Å²) >= 11 is 0. The molecule has 2 aromatic rings. The summed E-state index contributed by atoms with van der Waals surface area (Å²) in [4.78, 5) is 28.7. The number of amides is 1. The maximum Gasteiger partial charge on any atom is 0.223 e. The molecule has 0 atom stereocenters. The third-order valence-corrected chi connectivity index (χ3v) is 10.1. The first-order valence-electron chi connectivity index (χ1n) is 13.7. The number of hydrogen-bond donors (Lipinski definition) is 1. The summed E-state index contributed by atoms with van der Waals surface area (Å²) in [6, 6.07) is 8.38. The van der Waals surface area contributed by atoms with Crippen LogP contribution >= 0.6 is 0 Å². The number of likely N-dealkylation sites (N-methyl/N-ethyl adjacent to an activating group) is 1. The second-order valence-corrected chi connectivity index (χ2v) is 13.0. The Hall–Kier alpha value is -2.76. The van der Waals surface area contributed by atoms with E-state index in [-0.39, 0.29) is 23.5 Å². The maximum atomic E-state index is 13.2. The number of sulfonamides is 1. The number of piperidine rings is 1. The number of rotatable bonds is 6. The van der Waals surface area contributed by atoms with Crippen LogP contribution in [0, 0.1) is 5.92 Å². The lowest BCUT2D eigenvalue weighted by atomic mass is 9.92. The Morgan fingerprint density at radius 2 is 1.74 bits per heavy atom. The molecule has 1 amide bonds. The summed E-state index contributed by atoms with van der Waals surface area (Å²) in [6.45, 7) is 7.77. The highest BCUT2D eigenvalue weighted by Crippen LogP contribution is 2.29. The monoisotopic (exact) mass is 541 g/mol. The van der Waals surface area contributed by atoms with Crippen molar-refractivity contribution in [3.05, 3.63) is 35.4 Å². The molecule has 4 heterocycles. The largest absolute Gasteiger partial charge is 0.368 e. The molecule has 3 aliphatic heterocycles. The zero-order valence-electron chi connectivity index (χ0n) is 22.5. The van der Waals surface area contributed by atoms with Crippen molar-refractivity contribution in [1.29, 1.82) is 0 Å². The van der Waals surface area contributed by atoms with E-state index in [1.54, 1.807) is 11.2 Å². The number of anilines is 2. The van der Waals surface area contributed by atoms with E-state index in [1.165, 1.54) is 5.56 Å². The Bertz CT molecular complexity index is 1270. The highest BCUT2D eigenvalue weighted by molar-refractivity contribution is 7.89. The van der Waals surface area contributed by atoms with Crippen molar-refractivity contribution in [2.24, 2.45) is 5.92 Å². The van der Waals surface area contributed by atoms with Gasteiger partial charge in [0.25, 0.3) is 0 Å². The summed E-state index contributed by atoms with van der Waals surface area (Å²) in [6.07, 6.45) is 2.79. The van der Waals surface area contributed by atoms with E-state index in [0.717, 1.165) is 68.1 Å². The van der Waals surface area contributed by atoms with Crippen LogP contribution in [0.3, 0.4) is 0 Å². The minimum absolute atomic E-state index is 0.130. The van der Waals surface area contributed by atoms with Crippen LogP contribution in [0.25, 0.3) is 11.3 Å².